The number of nitrogens with zero attached hydrogens (tertiary/aromatic N) is 6. The highest BCUT2D eigenvalue weighted by Gasteiger charge is 2.30. The van der Waals surface area contributed by atoms with Crippen molar-refractivity contribution in [1.29, 1.82) is 0 Å². The lowest BCUT2D eigenvalue weighted by Gasteiger charge is -2.34. The maximum absolute atomic E-state index is 13.5. The Balaban J connectivity index is 1.31. The number of tetrazole rings is 1. The predicted molar refractivity (Wildman–Crippen MR) is 106 cm³/mol. The zero-order chi connectivity index (χ0) is 22.7. The van der Waals surface area contributed by atoms with Gasteiger partial charge in [-0.3, -0.25) is 4.90 Å². The molecule has 3 aromatic rings. The topological polar surface area (TPSA) is 79.2 Å². The third kappa shape index (κ3) is 5.02. The van der Waals surface area contributed by atoms with Gasteiger partial charge in [0.2, 0.25) is 0 Å². The van der Waals surface area contributed by atoms with Crippen molar-refractivity contribution in [3.05, 3.63) is 65.7 Å². The molecule has 4 rings (SSSR count). The van der Waals surface area contributed by atoms with Crippen molar-refractivity contribution in [3.63, 3.8) is 0 Å². The van der Waals surface area contributed by atoms with Crippen LogP contribution in [0.5, 0.6) is 0 Å². The van der Waals surface area contributed by atoms with E-state index in [1.807, 2.05) is 0 Å². The van der Waals surface area contributed by atoms with Crippen LogP contribution in [0.1, 0.15) is 11.4 Å². The summed E-state index contributed by atoms with van der Waals surface area (Å²) in [6, 6.07) is 9.87. The molecular formula is C20H19F4N7O. The van der Waals surface area contributed by atoms with Gasteiger partial charge in [-0.1, -0.05) is 6.07 Å². The van der Waals surface area contributed by atoms with Crippen LogP contribution in [0.4, 0.5) is 28.0 Å². The van der Waals surface area contributed by atoms with Gasteiger partial charge in [-0.05, 0) is 52.9 Å². The van der Waals surface area contributed by atoms with Gasteiger partial charge in [0.15, 0.2) is 5.82 Å². The van der Waals surface area contributed by atoms with Crippen LogP contribution in [0.3, 0.4) is 0 Å². The van der Waals surface area contributed by atoms with Crippen LogP contribution >= 0.6 is 0 Å². The molecule has 2 heterocycles. The Morgan fingerprint density at radius 1 is 1.03 bits per heavy atom. The molecule has 0 atom stereocenters. The first-order chi connectivity index (χ1) is 15.3. The Morgan fingerprint density at radius 3 is 2.41 bits per heavy atom. The number of urea groups is 1. The standard InChI is InChI=1S/C20H19F4N7O/c21-15-2-1-3-17(12-15)31-18(26-27-28-31)13-29-8-10-30(11-9-29)19(32)25-16-6-4-14(5-7-16)20(22,23)24/h1-7,12H,8-11,13H2,(H,25,32). The van der Waals surface area contributed by atoms with E-state index in [9.17, 15) is 22.4 Å². The number of anilines is 1. The third-order valence-corrected chi connectivity index (χ3v) is 5.07. The van der Waals surface area contributed by atoms with Crippen molar-refractivity contribution in [2.24, 2.45) is 0 Å². The minimum atomic E-state index is -4.42. The molecule has 2 amide bonds. The molecule has 8 nitrogen and oxygen atoms in total. The van der Waals surface area contributed by atoms with Crippen LogP contribution in [-0.2, 0) is 12.7 Å². The van der Waals surface area contributed by atoms with E-state index in [1.165, 1.54) is 28.9 Å². The van der Waals surface area contributed by atoms with E-state index in [0.717, 1.165) is 12.1 Å². The minimum Gasteiger partial charge on any atom is -0.322 e. The van der Waals surface area contributed by atoms with Gasteiger partial charge in [0.25, 0.3) is 0 Å². The molecule has 32 heavy (non-hydrogen) atoms. The molecule has 1 fully saturated rings. The second-order valence-electron chi connectivity index (χ2n) is 7.26. The highest BCUT2D eigenvalue weighted by Crippen LogP contribution is 2.29. The first-order valence-electron chi connectivity index (χ1n) is 9.78. The summed E-state index contributed by atoms with van der Waals surface area (Å²) in [5, 5.41) is 14.2. The molecule has 1 saturated heterocycles. The number of rotatable bonds is 4. The summed E-state index contributed by atoms with van der Waals surface area (Å²) in [5.74, 6) is 0.148. The number of benzene rings is 2. The zero-order valence-corrected chi connectivity index (χ0v) is 16.8. The summed E-state index contributed by atoms with van der Waals surface area (Å²) in [4.78, 5) is 16.1. The number of aromatic nitrogens is 4. The van der Waals surface area contributed by atoms with Crippen LogP contribution in [0, 0.1) is 5.82 Å². The van der Waals surface area contributed by atoms with Gasteiger partial charge >= 0.3 is 12.2 Å². The molecule has 0 saturated carbocycles. The van der Waals surface area contributed by atoms with Crippen molar-refractivity contribution in [2.45, 2.75) is 12.7 Å². The Morgan fingerprint density at radius 2 is 1.75 bits per heavy atom. The lowest BCUT2D eigenvalue weighted by Crippen LogP contribution is -2.49. The molecule has 12 heteroatoms. The largest absolute Gasteiger partial charge is 0.416 e. The summed E-state index contributed by atoms with van der Waals surface area (Å²) >= 11 is 0. The SMILES string of the molecule is O=C(Nc1ccc(C(F)(F)F)cc1)N1CCN(Cc2nnnn2-c2cccc(F)c2)CC1. The van der Waals surface area contributed by atoms with Crippen molar-refractivity contribution < 1.29 is 22.4 Å². The van der Waals surface area contributed by atoms with Gasteiger partial charge in [-0.2, -0.15) is 17.9 Å². The number of carbonyl (C=O) groups is 1. The highest BCUT2D eigenvalue weighted by molar-refractivity contribution is 5.89. The molecule has 1 aliphatic rings. The van der Waals surface area contributed by atoms with Crippen molar-refractivity contribution in [2.75, 3.05) is 31.5 Å². The van der Waals surface area contributed by atoms with Crippen molar-refractivity contribution in [1.82, 2.24) is 30.0 Å². The number of halogens is 4. The second-order valence-corrected chi connectivity index (χ2v) is 7.26. The number of amides is 2. The van der Waals surface area contributed by atoms with E-state index in [0.29, 0.717) is 49.9 Å². The summed E-state index contributed by atoms with van der Waals surface area (Å²) in [5.41, 5.74) is 0.0314. The van der Waals surface area contributed by atoms with Crippen LogP contribution in [0.2, 0.25) is 0 Å². The molecule has 0 bridgehead atoms. The van der Waals surface area contributed by atoms with Crippen LogP contribution in [-0.4, -0.2) is 62.2 Å². The Bertz CT molecular complexity index is 1080. The molecule has 0 spiro atoms. The lowest BCUT2D eigenvalue weighted by atomic mass is 10.2. The molecule has 1 aliphatic heterocycles. The predicted octanol–water partition coefficient (Wildman–Crippen LogP) is 3.17. The van der Waals surface area contributed by atoms with Crippen LogP contribution < -0.4 is 5.32 Å². The minimum absolute atomic E-state index is 0.291. The van der Waals surface area contributed by atoms with Gasteiger partial charge in [0, 0.05) is 31.9 Å². The quantitative estimate of drug-likeness (QED) is 0.619. The fraction of sp³-hybridized carbons (Fsp3) is 0.300. The number of carbonyl (C=O) groups excluding carboxylic acids is 1. The first-order valence-corrected chi connectivity index (χ1v) is 9.78. The number of alkyl halides is 3. The molecular weight excluding hydrogens is 430 g/mol. The lowest BCUT2D eigenvalue weighted by molar-refractivity contribution is -0.137. The monoisotopic (exact) mass is 449 g/mol. The summed E-state index contributed by atoms with van der Waals surface area (Å²) in [6.45, 7) is 2.37. The molecule has 0 radical (unpaired) electrons. The fourth-order valence-corrected chi connectivity index (χ4v) is 3.37. The van der Waals surface area contributed by atoms with Gasteiger partial charge in [0.1, 0.15) is 5.82 Å². The molecule has 168 valence electrons. The summed E-state index contributed by atoms with van der Waals surface area (Å²) in [7, 11) is 0. The Kier molecular flexibility index (Phi) is 6.04. The molecule has 2 aromatic carbocycles. The number of hydrogen-bond acceptors (Lipinski definition) is 5. The summed E-state index contributed by atoms with van der Waals surface area (Å²) in [6.07, 6.45) is -4.42. The Hall–Kier alpha value is -3.54. The van der Waals surface area contributed by atoms with E-state index in [1.54, 1.807) is 17.0 Å². The smallest absolute Gasteiger partial charge is 0.322 e. The van der Waals surface area contributed by atoms with Gasteiger partial charge in [-0.25, -0.2) is 9.18 Å². The van der Waals surface area contributed by atoms with Crippen LogP contribution in [0.25, 0.3) is 5.69 Å². The van der Waals surface area contributed by atoms with E-state index < -0.39 is 17.6 Å². The van der Waals surface area contributed by atoms with E-state index in [-0.39, 0.29) is 6.03 Å². The first kappa shape index (κ1) is 21.7. The highest BCUT2D eigenvalue weighted by atomic mass is 19.4. The van der Waals surface area contributed by atoms with Gasteiger partial charge in [0.05, 0.1) is 17.8 Å². The number of nitrogens with one attached hydrogen (secondary N) is 1. The zero-order valence-electron chi connectivity index (χ0n) is 16.8. The van der Waals surface area contributed by atoms with Crippen molar-refractivity contribution >= 4 is 11.7 Å². The average Bonchev–Trinajstić information content (AvgIpc) is 3.22. The molecule has 1 aromatic heterocycles. The maximum Gasteiger partial charge on any atom is 0.416 e. The number of hydrogen-bond donors (Lipinski definition) is 1. The number of piperazine rings is 1. The molecule has 0 unspecified atom stereocenters. The third-order valence-electron chi connectivity index (χ3n) is 5.07. The fourth-order valence-electron chi connectivity index (χ4n) is 3.37. The van der Waals surface area contributed by atoms with E-state index >= 15 is 0 Å². The van der Waals surface area contributed by atoms with Gasteiger partial charge in [-0.15, -0.1) is 5.10 Å². The molecule has 1 N–H and O–H groups in total. The van der Waals surface area contributed by atoms with E-state index in [2.05, 4.69) is 25.7 Å². The van der Waals surface area contributed by atoms with Crippen molar-refractivity contribution in [3.8, 4) is 5.69 Å². The normalized spacial score (nSPS) is 15.1. The van der Waals surface area contributed by atoms with Crippen LogP contribution in [0.15, 0.2) is 48.5 Å². The summed E-state index contributed by atoms with van der Waals surface area (Å²) < 4.78 is 52.9. The average molecular weight is 449 g/mol. The van der Waals surface area contributed by atoms with Gasteiger partial charge < -0.3 is 10.2 Å². The van der Waals surface area contributed by atoms with E-state index in [4.69, 9.17) is 0 Å². The molecule has 0 aliphatic carbocycles. The Labute approximate surface area is 180 Å². The second kappa shape index (κ2) is 8.91. The maximum atomic E-state index is 13.5.